The van der Waals surface area contributed by atoms with Crippen molar-refractivity contribution in [1.29, 1.82) is 0 Å². The van der Waals surface area contributed by atoms with E-state index in [0.717, 1.165) is 19.6 Å². The van der Waals surface area contributed by atoms with Gasteiger partial charge in [0.2, 0.25) is 0 Å². The Bertz CT molecular complexity index is 223. The second-order valence-electron chi connectivity index (χ2n) is 4.98. The minimum absolute atomic E-state index is 0.348. The zero-order valence-corrected chi connectivity index (χ0v) is 10.9. The standard InChI is InChI=1S/C14H26N2/c1-4-8-14(9-7-10-15-14)13-16(11-5-2)12-6-3/h2,15H,4,6-13H2,1,3H3. The van der Waals surface area contributed by atoms with Gasteiger partial charge in [-0.2, -0.15) is 0 Å². The molecule has 0 aliphatic carbocycles. The van der Waals surface area contributed by atoms with Crippen molar-refractivity contribution in [1.82, 2.24) is 10.2 Å². The van der Waals surface area contributed by atoms with Gasteiger partial charge >= 0.3 is 0 Å². The molecule has 2 heteroatoms. The number of nitrogens with one attached hydrogen (secondary N) is 1. The van der Waals surface area contributed by atoms with Gasteiger partial charge in [0.05, 0.1) is 6.54 Å². The highest BCUT2D eigenvalue weighted by Crippen LogP contribution is 2.25. The summed E-state index contributed by atoms with van der Waals surface area (Å²) in [7, 11) is 0. The van der Waals surface area contributed by atoms with Gasteiger partial charge in [-0.15, -0.1) is 6.42 Å². The molecule has 1 saturated heterocycles. The first-order chi connectivity index (χ1) is 7.76. The molecule has 0 aromatic carbocycles. The molecule has 0 radical (unpaired) electrons. The zero-order valence-electron chi connectivity index (χ0n) is 10.9. The molecule has 1 fully saturated rings. The zero-order chi connectivity index (χ0) is 11.9. The maximum atomic E-state index is 5.44. The quantitative estimate of drug-likeness (QED) is 0.665. The molecule has 0 bridgehead atoms. The second kappa shape index (κ2) is 6.93. The Morgan fingerprint density at radius 2 is 2.19 bits per heavy atom. The third-order valence-electron chi connectivity index (χ3n) is 3.44. The van der Waals surface area contributed by atoms with Crippen LogP contribution in [0.25, 0.3) is 0 Å². The van der Waals surface area contributed by atoms with Crippen molar-refractivity contribution >= 4 is 0 Å². The summed E-state index contributed by atoms with van der Waals surface area (Å²) < 4.78 is 0. The molecule has 0 aromatic heterocycles. The lowest BCUT2D eigenvalue weighted by atomic mass is 9.91. The lowest BCUT2D eigenvalue weighted by Gasteiger charge is -2.35. The Morgan fingerprint density at radius 3 is 2.69 bits per heavy atom. The highest BCUT2D eigenvalue weighted by atomic mass is 15.2. The van der Waals surface area contributed by atoms with Crippen LogP contribution in [0.2, 0.25) is 0 Å². The van der Waals surface area contributed by atoms with Crippen LogP contribution in [0.15, 0.2) is 0 Å². The smallest absolute Gasteiger partial charge is 0.0599 e. The number of hydrogen-bond acceptors (Lipinski definition) is 2. The molecular weight excluding hydrogens is 196 g/mol. The third-order valence-corrected chi connectivity index (χ3v) is 3.44. The van der Waals surface area contributed by atoms with Gasteiger partial charge in [-0.25, -0.2) is 0 Å². The molecule has 0 aromatic rings. The van der Waals surface area contributed by atoms with Crippen LogP contribution in [-0.2, 0) is 0 Å². The molecule has 0 saturated carbocycles. The molecule has 1 N–H and O–H groups in total. The van der Waals surface area contributed by atoms with Gasteiger partial charge in [-0.1, -0.05) is 26.2 Å². The van der Waals surface area contributed by atoms with Crippen LogP contribution in [0.1, 0.15) is 46.0 Å². The molecular formula is C14H26N2. The minimum atomic E-state index is 0.348. The summed E-state index contributed by atoms with van der Waals surface area (Å²) in [5, 5.41) is 3.71. The van der Waals surface area contributed by atoms with Gasteiger partial charge < -0.3 is 5.32 Å². The predicted molar refractivity (Wildman–Crippen MR) is 70.4 cm³/mol. The van der Waals surface area contributed by atoms with Crippen molar-refractivity contribution in [2.45, 2.75) is 51.5 Å². The summed E-state index contributed by atoms with van der Waals surface area (Å²) >= 11 is 0. The Balaban J connectivity index is 2.54. The molecule has 1 aliphatic heterocycles. The van der Waals surface area contributed by atoms with Crippen molar-refractivity contribution in [3.05, 3.63) is 0 Å². The number of hydrogen-bond donors (Lipinski definition) is 1. The first kappa shape index (κ1) is 13.5. The van der Waals surface area contributed by atoms with Crippen LogP contribution in [0.5, 0.6) is 0 Å². The number of nitrogens with zero attached hydrogens (tertiary/aromatic N) is 1. The molecule has 2 nitrogen and oxygen atoms in total. The average Bonchev–Trinajstić information content (AvgIpc) is 2.68. The van der Waals surface area contributed by atoms with Crippen LogP contribution >= 0.6 is 0 Å². The summed E-state index contributed by atoms with van der Waals surface area (Å²) in [6, 6.07) is 0. The monoisotopic (exact) mass is 222 g/mol. The van der Waals surface area contributed by atoms with E-state index in [1.54, 1.807) is 0 Å². The molecule has 1 heterocycles. The maximum Gasteiger partial charge on any atom is 0.0599 e. The molecule has 1 rings (SSSR count). The third kappa shape index (κ3) is 3.81. The van der Waals surface area contributed by atoms with Gasteiger partial charge in [0, 0.05) is 12.1 Å². The predicted octanol–water partition coefficient (Wildman–Crippen LogP) is 2.25. The average molecular weight is 222 g/mol. The fourth-order valence-electron chi connectivity index (χ4n) is 2.86. The van der Waals surface area contributed by atoms with Crippen LogP contribution in [0, 0.1) is 12.3 Å². The van der Waals surface area contributed by atoms with Gasteiger partial charge in [-0.3, -0.25) is 4.90 Å². The Morgan fingerprint density at radius 1 is 1.38 bits per heavy atom. The van der Waals surface area contributed by atoms with E-state index in [4.69, 9.17) is 6.42 Å². The summed E-state index contributed by atoms with van der Waals surface area (Å²) in [6.45, 7) is 8.71. The van der Waals surface area contributed by atoms with Crippen molar-refractivity contribution in [3.63, 3.8) is 0 Å². The van der Waals surface area contributed by atoms with Crippen molar-refractivity contribution in [3.8, 4) is 12.3 Å². The Labute approximate surface area is 101 Å². The molecule has 1 atom stereocenters. The van der Waals surface area contributed by atoms with Gasteiger partial charge in [0.1, 0.15) is 0 Å². The second-order valence-corrected chi connectivity index (χ2v) is 4.98. The largest absolute Gasteiger partial charge is 0.310 e. The van der Waals surface area contributed by atoms with Crippen LogP contribution in [-0.4, -0.2) is 36.6 Å². The molecule has 1 unspecified atom stereocenters. The molecule has 0 amide bonds. The fourth-order valence-corrected chi connectivity index (χ4v) is 2.86. The van der Waals surface area contributed by atoms with Crippen LogP contribution < -0.4 is 5.32 Å². The van der Waals surface area contributed by atoms with E-state index in [2.05, 4.69) is 30.0 Å². The van der Waals surface area contributed by atoms with E-state index in [1.807, 2.05) is 0 Å². The van der Waals surface area contributed by atoms with Crippen LogP contribution in [0.3, 0.4) is 0 Å². The van der Waals surface area contributed by atoms with E-state index in [9.17, 15) is 0 Å². The molecule has 0 spiro atoms. The SMILES string of the molecule is C#CCN(CCC)CC1(CCC)CCCN1. The highest BCUT2D eigenvalue weighted by Gasteiger charge is 2.33. The summed E-state index contributed by atoms with van der Waals surface area (Å²) in [5.41, 5.74) is 0.348. The van der Waals surface area contributed by atoms with Gasteiger partial charge in [0.15, 0.2) is 0 Å². The van der Waals surface area contributed by atoms with Gasteiger partial charge in [-0.05, 0) is 38.8 Å². The number of rotatable bonds is 7. The highest BCUT2D eigenvalue weighted by molar-refractivity contribution is 4.97. The van der Waals surface area contributed by atoms with Crippen molar-refractivity contribution < 1.29 is 0 Å². The van der Waals surface area contributed by atoms with Crippen molar-refractivity contribution in [2.24, 2.45) is 0 Å². The Kier molecular flexibility index (Phi) is 5.87. The topological polar surface area (TPSA) is 15.3 Å². The van der Waals surface area contributed by atoms with E-state index >= 15 is 0 Å². The first-order valence-electron chi connectivity index (χ1n) is 6.67. The normalized spacial score (nSPS) is 24.9. The minimum Gasteiger partial charge on any atom is -0.310 e. The fraction of sp³-hybridized carbons (Fsp3) is 0.857. The molecule has 92 valence electrons. The molecule has 1 aliphatic rings. The lowest BCUT2D eigenvalue weighted by molar-refractivity contribution is 0.199. The lowest BCUT2D eigenvalue weighted by Crippen LogP contribution is -2.50. The van der Waals surface area contributed by atoms with E-state index < -0.39 is 0 Å². The molecule has 16 heavy (non-hydrogen) atoms. The summed E-state index contributed by atoms with van der Waals surface area (Å²) in [6.07, 6.45) is 11.8. The van der Waals surface area contributed by atoms with Crippen molar-refractivity contribution in [2.75, 3.05) is 26.2 Å². The Hall–Kier alpha value is -0.520. The van der Waals surface area contributed by atoms with E-state index in [1.165, 1.54) is 38.6 Å². The van der Waals surface area contributed by atoms with E-state index in [-0.39, 0.29) is 0 Å². The van der Waals surface area contributed by atoms with Crippen LogP contribution in [0.4, 0.5) is 0 Å². The van der Waals surface area contributed by atoms with E-state index in [0.29, 0.717) is 5.54 Å². The summed E-state index contributed by atoms with van der Waals surface area (Å²) in [4.78, 5) is 2.42. The number of terminal acetylenes is 1. The maximum absolute atomic E-state index is 5.44. The van der Waals surface area contributed by atoms with Gasteiger partial charge in [0.25, 0.3) is 0 Å². The summed E-state index contributed by atoms with van der Waals surface area (Å²) in [5.74, 6) is 2.78. The first-order valence-corrected chi connectivity index (χ1v) is 6.67.